The molecule has 112 valence electrons. The highest BCUT2D eigenvalue weighted by molar-refractivity contribution is 6.00. The van der Waals surface area contributed by atoms with Crippen LogP contribution in [-0.2, 0) is 0 Å². The molecule has 0 saturated carbocycles. The highest BCUT2D eigenvalue weighted by atomic mass is 16.5. The van der Waals surface area contributed by atoms with Gasteiger partial charge < -0.3 is 14.2 Å². The molecule has 0 heterocycles. The Hall–Kier alpha value is -2.93. The van der Waals surface area contributed by atoms with Gasteiger partial charge in [-0.2, -0.15) is 0 Å². The highest BCUT2D eigenvalue weighted by Gasteiger charge is 2.14. The van der Waals surface area contributed by atoms with Gasteiger partial charge in [-0.05, 0) is 30.3 Å². The summed E-state index contributed by atoms with van der Waals surface area (Å²) in [6.07, 6.45) is 5.33. The molecular formula is C18H16O4. The third kappa shape index (κ3) is 3.58. The van der Waals surface area contributed by atoms with Crippen LogP contribution in [0.1, 0.15) is 15.9 Å². The molecule has 0 aliphatic heterocycles. The number of terminal acetylenes is 1. The van der Waals surface area contributed by atoms with Crippen molar-refractivity contribution >= 4 is 5.78 Å². The van der Waals surface area contributed by atoms with Crippen LogP contribution in [-0.4, -0.2) is 26.6 Å². The van der Waals surface area contributed by atoms with Gasteiger partial charge in [0.1, 0.15) is 17.2 Å². The zero-order chi connectivity index (χ0) is 15.9. The average molecular weight is 296 g/mol. The van der Waals surface area contributed by atoms with Gasteiger partial charge in [0, 0.05) is 11.6 Å². The molecule has 0 radical (unpaired) electrons. The average Bonchev–Trinajstić information content (AvgIpc) is 2.59. The third-order valence-corrected chi connectivity index (χ3v) is 3.08. The maximum absolute atomic E-state index is 12.3. The van der Waals surface area contributed by atoms with Crippen LogP contribution in [0.15, 0.2) is 42.5 Å². The van der Waals surface area contributed by atoms with Gasteiger partial charge in [-0.25, -0.2) is 0 Å². The van der Waals surface area contributed by atoms with Crippen LogP contribution in [0.4, 0.5) is 0 Å². The summed E-state index contributed by atoms with van der Waals surface area (Å²) in [4.78, 5) is 12.3. The van der Waals surface area contributed by atoms with E-state index in [1.807, 2.05) is 0 Å². The molecule has 0 amide bonds. The molecule has 0 aliphatic rings. The van der Waals surface area contributed by atoms with Crippen LogP contribution in [0.25, 0.3) is 0 Å². The van der Waals surface area contributed by atoms with Crippen LogP contribution in [0.2, 0.25) is 0 Å². The monoisotopic (exact) mass is 296 g/mol. The Balaban J connectivity index is 2.10. The predicted octanol–water partition coefficient (Wildman–Crippen LogP) is 2.95. The van der Waals surface area contributed by atoms with Gasteiger partial charge in [-0.1, -0.05) is 12.0 Å². The molecule has 0 bridgehead atoms. The number of hydrogen-bond donors (Lipinski definition) is 0. The normalized spacial score (nSPS) is 9.68. The fraction of sp³-hybridized carbons (Fsp3) is 0.167. The van der Waals surface area contributed by atoms with E-state index < -0.39 is 0 Å². The number of hydrogen-bond acceptors (Lipinski definition) is 4. The number of methoxy groups -OCH3 is 2. The van der Waals surface area contributed by atoms with E-state index in [-0.39, 0.29) is 12.4 Å². The summed E-state index contributed by atoms with van der Waals surface area (Å²) in [6, 6.07) is 12.0. The van der Waals surface area contributed by atoms with Crippen LogP contribution < -0.4 is 14.2 Å². The molecule has 0 aromatic heterocycles. The molecule has 2 aromatic carbocycles. The highest BCUT2D eigenvalue weighted by Crippen LogP contribution is 2.25. The summed E-state index contributed by atoms with van der Waals surface area (Å²) in [6.45, 7) is -0.100. The SMILES string of the molecule is C#Cc1cccc(OCC(=O)c2ccc(OC)cc2OC)c1. The van der Waals surface area contributed by atoms with Crippen molar-refractivity contribution in [1.82, 2.24) is 0 Å². The first-order chi connectivity index (χ1) is 10.7. The van der Waals surface area contributed by atoms with E-state index in [4.69, 9.17) is 20.6 Å². The van der Waals surface area contributed by atoms with Crippen molar-refractivity contribution < 1.29 is 19.0 Å². The summed E-state index contributed by atoms with van der Waals surface area (Å²) in [5.41, 5.74) is 1.14. The number of rotatable bonds is 6. The third-order valence-electron chi connectivity index (χ3n) is 3.08. The van der Waals surface area contributed by atoms with Crippen LogP contribution in [0.5, 0.6) is 17.2 Å². The van der Waals surface area contributed by atoms with Crippen LogP contribution >= 0.6 is 0 Å². The van der Waals surface area contributed by atoms with Gasteiger partial charge in [-0.3, -0.25) is 4.79 Å². The zero-order valence-corrected chi connectivity index (χ0v) is 12.5. The lowest BCUT2D eigenvalue weighted by molar-refractivity contribution is 0.0918. The summed E-state index contributed by atoms with van der Waals surface area (Å²) in [5.74, 6) is 3.95. The van der Waals surface area contributed by atoms with Crippen molar-refractivity contribution in [2.75, 3.05) is 20.8 Å². The predicted molar refractivity (Wildman–Crippen MR) is 83.7 cm³/mol. The molecule has 0 fully saturated rings. The Morgan fingerprint density at radius 3 is 2.59 bits per heavy atom. The summed E-state index contributed by atoms with van der Waals surface area (Å²) >= 11 is 0. The number of carbonyl (C=O) groups excluding carboxylic acids is 1. The van der Waals surface area contributed by atoms with E-state index in [2.05, 4.69) is 5.92 Å². The lowest BCUT2D eigenvalue weighted by Crippen LogP contribution is -2.13. The van der Waals surface area contributed by atoms with E-state index in [0.717, 1.165) is 0 Å². The van der Waals surface area contributed by atoms with Gasteiger partial charge in [0.05, 0.1) is 19.8 Å². The Morgan fingerprint density at radius 2 is 1.91 bits per heavy atom. The smallest absolute Gasteiger partial charge is 0.203 e. The molecule has 0 saturated heterocycles. The Bertz CT molecular complexity index is 713. The first kappa shape index (κ1) is 15.5. The van der Waals surface area contributed by atoms with Crippen molar-refractivity contribution in [1.29, 1.82) is 0 Å². The van der Waals surface area contributed by atoms with Crippen molar-refractivity contribution in [3.8, 4) is 29.6 Å². The molecule has 2 aromatic rings. The van der Waals surface area contributed by atoms with E-state index in [1.54, 1.807) is 49.6 Å². The molecule has 0 aliphatic carbocycles. The maximum atomic E-state index is 12.3. The van der Waals surface area contributed by atoms with Gasteiger partial charge in [0.25, 0.3) is 0 Å². The van der Waals surface area contributed by atoms with E-state index in [0.29, 0.717) is 28.4 Å². The quantitative estimate of drug-likeness (QED) is 0.607. The first-order valence-corrected chi connectivity index (χ1v) is 6.62. The second-order valence-corrected chi connectivity index (χ2v) is 4.45. The molecule has 22 heavy (non-hydrogen) atoms. The fourth-order valence-electron chi connectivity index (χ4n) is 1.93. The van der Waals surface area contributed by atoms with E-state index in [9.17, 15) is 4.79 Å². The lowest BCUT2D eigenvalue weighted by atomic mass is 10.1. The number of Topliss-reactive ketones (excluding diaryl/α,β-unsaturated/α-hetero) is 1. The fourth-order valence-corrected chi connectivity index (χ4v) is 1.93. The number of carbonyl (C=O) groups is 1. The topological polar surface area (TPSA) is 44.8 Å². The molecule has 0 N–H and O–H groups in total. The second-order valence-electron chi connectivity index (χ2n) is 4.45. The van der Waals surface area contributed by atoms with Crippen LogP contribution in [0.3, 0.4) is 0 Å². The molecule has 0 unspecified atom stereocenters. The molecule has 2 rings (SSSR count). The zero-order valence-electron chi connectivity index (χ0n) is 12.5. The summed E-state index contributed by atoms with van der Waals surface area (Å²) in [7, 11) is 3.06. The van der Waals surface area contributed by atoms with E-state index >= 15 is 0 Å². The van der Waals surface area contributed by atoms with Gasteiger partial charge in [-0.15, -0.1) is 6.42 Å². The molecular weight excluding hydrogens is 280 g/mol. The largest absolute Gasteiger partial charge is 0.497 e. The van der Waals surface area contributed by atoms with E-state index in [1.165, 1.54) is 7.11 Å². The number of benzene rings is 2. The minimum atomic E-state index is -0.189. The molecule has 4 heteroatoms. The van der Waals surface area contributed by atoms with Gasteiger partial charge >= 0.3 is 0 Å². The van der Waals surface area contributed by atoms with Crippen molar-refractivity contribution in [3.05, 3.63) is 53.6 Å². The lowest BCUT2D eigenvalue weighted by Gasteiger charge is -2.10. The van der Waals surface area contributed by atoms with Crippen molar-refractivity contribution in [3.63, 3.8) is 0 Å². The standard InChI is InChI=1S/C18H16O4/c1-4-13-6-5-7-15(10-13)22-12-17(19)16-9-8-14(20-2)11-18(16)21-3/h1,5-11H,12H2,2-3H3. The van der Waals surface area contributed by atoms with Crippen molar-refractivity contribution in [2.24, 2.45) is 0 Å². The Morgan fingerprint density at radius 1 is 1.09 bits per heavy atom. The maximum Gasteiger partial charge on any atom is 0.203 e. The summed E-state index contributed by atoms with van der Waals surface area (Å²) < 4.78 is 15.8. The number of ketones is 1. The number of ether oxygens (including phenoxy) is 3. The molecule has 0 spiro atoms. The van der Waals surface area contributed by atoms with Crippen LogP contribution in [0, 0.1) is 12.3 Å². The summed E-state index contributed by atoms with van der Waals surface area (Å²) in [5, 5.41) is 0. The molecule has 0 atom stereocenters. The van der Waals surface area contributed by atoms with Gasteiger partial charge in [0.15, 0.2) is 6.61 Å². The van der Waals surface area contributed by atoms with Crippen molar-refractivity contribution in [2.45, 2.75) is 0 Å². The Kier molecular flexibility index (Phi) is 5.05. The minimum absolute atomic E-state index is 0.100. The first-order valence-electron chi connectivity index (χ1n) is 6.62. The van der Waals surface area contributed by atoms with Gasteiger partial charge in [0.2, 0.25) is 5.78 Å². The molecule has 4 nitrogen and oxygen atoms in total. The Labute approximate surface area is 129 Å². The minimum Gasteiger partial charge on any atom is -0.497 e. The second kappa shape index (κ2) is 7.19.